The maximum absolute atomic E-state index is 12.8. The van der Waals surface area contributed by atoms with Gasteiger partial charge in [-0.2, -0.15) is 0 Å². The monoisotopic (exact) mass is 458 g/mol. The Balaban J connectivity index is 1.62. The Hall–Kier alpha value is -2.71. The Labute approximate surface area is 187 Å². The van der Waals surface area contributed by atoms with Crippen LogP contribution in [-0.2, 0) is 33.4 Å². The van der Waals surface area contributed by atoms with Crippen LogP contribution in [0.2, 0.25) is 0 Å². The molecule has 2 aromatic carbocycles. The van der Waals surface area contributed by atoms with Gasteiger partial charge in [0.2, 0.25) is 5.91 Å². The van der Waals surface area contributed by atoms with Crippen molar-refractivity contribution in [1.82, 2.24) is 10.3 Å². The lowest BCUT2D eigenvalue weighted by Crippen LogP contribution is -2.38. The van der Waals surface area contributed by atoms with Gasteiger partial charge in [-0.25, -0.2) is 13.4 Å². The molecule has 0 saturated heterocycles. The fraction of sp³-hybridized carbons (Fsp3) is 0.304. The largest absolute Gasteiger partial charge is 0.497 e. The molecule has 0 saturated carbocycles. The molecule has 3 rings (SSSR count). The van der Waals surface area contributed by atoms with Gasteiger partial charge < -0.3 is 10.1 Å². The van der Waals surface area contributed by atoms with Crippen molar-refractivity contribution in [2.75, 3.05) is 7.11 Å². The molecule has 1 amide bonds. The van der Waals surface area contributed by atoms with Crippen LogP contribution in [0.3, 0.4) is 0 Å². The maximum atomic E-state index is 12.8. The van der Waals surface area contributed by atoms with E-state index in [1.54, 1.807) is 24.6 Å². The first kappa shape index (κ1) is 23.0. The van der Waals surface area contributed by atoms with Crippen molar-refractivity contribution in [2.45, 2.75) is 37.8 Å². The van der Waals surface area contributed by atoms with Crippen molar-refractivity contribution >= 4 is 27.1 Å². The van der Waals surface area contributed by atoms with E-state index < -0.39 is 21.0 Å². The van der Waals surface area contributed by atoms with Gasteiger partial charge in [-0.1, -0.05) is 43.3 Å². The van der Waals surface area contributed by atoms with Crippen LogP contribution < -0.4 is 10.1 Å². The minimum Gasteiger partial charge on any atom is -0.497 e. The van der Waals surface area contributed by atoms with Gasteiger partial charge in [-0.3, -0.25) is 4.79 Å². The highest BCUT2D eigenvalue weighted by Gasteiger charge is 2.29. The number of carbonyl (C=O) groups is 1. The summed E-state index contributed by atoms with van der Waals surface area (Å²) in [5, 5.41) is 4.02. The Morgan fingerprint density at radius 2 is 1.90 bits per heavy atom. The van der Waals surface area contributed by atoms with E-state index in [2.05, 4.69) is 17.2 Å². The van der Waals surface area contributed by atoms with E-state index in [9.17, 15) is 13.2 Å². The van der Waals surface area contributed by atoms with Gasteiger partial charge in [-0.15, -0.1) is 11.3 Å². The minimum atomic E-state index is -3.70. The minimum absolute atomic E-state index is 0.227. The van der Waals surface area contributed by atoms with E-state index in [0.717, 1.165) is 22.6 Å². The number of nitrogens with one attached hydrogen (secondary N) is 1. The van der Waals surface area contributed by atoms with Crippen LogP contribution in [0.4, 0.5) is 0 Å². The van der Waals surface area contributed by atoms with Crippen LogP contribution in [0.5, 0.6) is 5.75 Å². The van der Waals surface area contributed by atoms with Gasteiger partial charge in [-0.05, 0) is 36.6 Å². The summed E-state index contributed by atoms with van der Waals surface area (Å²) in [6.07, 6.45) is 0.958. The van der Waals surface area contributed by atoms with E-state index in [0.29, 0.717) is 11.4 Å². The summed E-state index contributed by atoms with van der Waals surface area (Å²) in [5.74, 6) is -0.130. The van der Waals surface area contributed by atoms with E-state index in [4.69, 9.17) is 4.74 Å². The summed E-state index contributed by atoms with van der Waals surface area (Å²) < 4.78 is 30.7. The van der Waals surface area contributed by atoms with Crippen molar-refractivity contribution in [3.63, 3.8) is 0 Å². The third-order valence-corrected chi connectivity index (χ3v) is 7.95. The number of ether oxygens (including phenoxy) is 1. The van der Waals surface area contributed by atoms with Gasteiger partial charge >= 0.3 is 0 Å². The Bertz CT molecular complexity index is 1140. The molecule has 0 aliphatic heterocycles. The number of hydrogen-bond donors (Lipinski definition) is 1. The van der Waals surface area contributed by atoms with Crippen LogP contribution in [0.25, 0.3) is 10.6 Å². The van der Waals surface area contributed by atoms with Crippen LogP contribution in [-0.4, -0.2) is 31.7 Å². The number of rotatable bonds is 9. The number of aromatic nitrogens is 1. The maximum Gasteiger partial charge on any atom is 0.238 e. The number of hydrogen-bond acceptors (Lipinski definition) is 6. The Morgan fingerprint density at radius 1 is 1.16 bits per heavy atom. The first-order valence-corrected chi connectivity index (χ1v) is 12.6. The van der Waals surface area contributed by atoms with Gasteiger partial charge in [0.25, 0.3) is 0 Å². The number of amides is 1. The second-order valence-corrected chi connectivity index (χ2v) is 10.4. The van der Waals surface area contributed by atoms with Gasteiger partial charge in [0, 0.05) is 17.5 Å². The molecule has 0 spiro atoms. The number of benzene rings is 2. The normalized spacial score (nSPS) is 12.4. The molecule has 0 aliphatic carbocycles. The molecule has 31 heavy (non-hydrogen) atoms. The second-order valence-electron chi connectivity index (χ2n) is 7.21. The van der Waals surface area contributed by atoms with Gasteiger partial charge in [0.1, 0.15) is 16.0 Å². The zero-order valence-electron chi connectivity index (χ0n) is 17.8. The smallest absolute Gasteiger partial charge is 0.238 e. The fourth-order valence-corrected chi connectivity index (χ4v) is 5.15. The molecule has 1 aromatic heterocycles. The zero-order chi connectivity index (χ0) is 22.4. The summed E-state index contributed by atoms with van der Waals surface area (Å²) >= 11 is 1.40. The Kier molecular flexibility index (Phi) is 7.46. The molecule has 6 nitrogen and oxygen atoms in total. The SMILES string of the molecule is CCc1ccc(-c2nc(CS(=O)(=O)C(C)C(=O)NCc3cccc(OC)c3)cs2)cc1. The van der Waals surface area contributed by atoms with Crippen molar-refractivity contribution in [1.29, 1.82) is 0 Å². The van der Waals surface area contributed by atoms with Gasteiger partial charge in [0.15, 0.2) is 9.84 Å². The molecule has 1 atom stereocenters. The third-order valence-electron chi connectivity index (χ3n) is 5.02. The van der Waals surface area contributed by atoms with Gasteiger partial charge in [0.05, 0.1) is 18.6 Å². The Morgan fingerprint density at radius 3 is 2.58 bits per heavy atom. The highest BCUT2D eigenvalue weighted by Crippen LogP contribution is 2.25. The average Bonchev–Trinajstić information content (AvgIpc) is 3.24. The standard InChI is InChI=1S/C23H26N2O4S2/c1-4-17-8-10-19(11-9-17)23-25-20(14-30-23)15-31(27,28)16(2)22(26)24-13-18-6-5-7-21(12-18)29-3/h5-12,14,16H,4,13,15H2,1-3H3,(H,24,26). The molecule has 164 valence electrons. The number of carbonyl (C=O) groups excluding carboxylic acids is 1. The van der Waals surface area contributed by atoms with Crippen molar-refractivity contribution < 1.29 is 17.9 Å². The summed E-state index contributed by atoms with van der Waals surface area (Å²) in [6.45, 7) is 3.73. The van der Waals surface area contributed by atoms with E-state index in [-0.39, 0.29) is 12.3 Å². The molecular weight excluding hydrogens is 432 g/mol. The predicted octanol–water partition coefficient (Wildman–Crippen LogP) is 4.00. The molecular formula is C23H26N2O4S2. The topological polar surface area (TPSA) is 85.4 Å². The first-order valence-electron chi connectivity index (χ1n) is 9.98. The highest BCUT2D eigenvalue weighted by molar-refractivity contribution is 7.92. The number of nitrogens with zero attached hydrogens (tertiary/aromatic N) is 1. The van der Waals surface area contributed by atoms with E-state index in [1.165, 1.54) is 23.8 Å². The second kappa shape index (κ2) is 10.1. The van der Waals surface area contributed by atoms with Crippen molar-refractivity contribution in [3.05, 3.63) is 70.7 Å². The highest BCUT2D eigenvalue weighted by atomic mass is 32.2. The molecule has 8 heteroatoms. The lowest BCUT2D eigenvalue weighted by atomic mass is 10.1. The lowest BCUT2D eigenvalue weighted by Gasteiger charge is -2.13. The molecule has 1 heterocycles. The number of thiazole rings is 1. The number of aryl methyl sites for hydroxylation is 1. The van der Waals surface area contributed by atoms with E-state index >= 15 is 0 Å². The van der Waals surface area contributed by atoms with Crippen LogP contribution >= 0.6 is 11.3 Å². The summed E-state index contributed by atoms with van der Waals surface area (Å²) in [7, 11) is -2.14. The van der Waals surface area contributed by atoms with Crippen LogP contribution in [0, 0.1) is 0 Å². The molecule has 0 radical (unpaired) electrons. The molecule has 0 aliphatic rings. The molecule has 1 unspecified atom stereocenters. The number of sulfone groups is 1. The summed E-state index contributed by atoms with van der Waals surface area (Å²) in [5.41, 5.74) is 3.47. The number of methoxy groups -OCH3 is 1. The molecule has 1 N–H and O–H groups in total. The molecule has 3 aromatic rings. The lowest BCUT2D eigenvalue weighted by molar-refractivity contribution is -0.120. The van der Waals surface area contributed by atoms with E-state index in [1.807, 2.05) is 36.4 Å². The van der Waals surface area contributed by atoms with Crippen LogP contribution in [0.1, 0.15) is 30.7 Å². The summed E-state index contributed by atoms with van der Waals surface area (Å²) in [6, 6.07) is 15.3. The zero-order valence-corrected chi connectivity index (χ0v) is 19.4. The van der Waals surface area contributed by atoms with Crippen molar-refractivity contribution in [3.8, 4) is 16.3 Å². The molecule has 0 fully saturated rings. The fourth-order valence-electron chi connectivity index (χ4n) is 3.00. The van der Waals surface area contributed by atoms with Crippen molar-refractivity contribution in [2.24, 2.45) is 0 Å². The third kappa shape index (κ3) is 5.92. The summed E-state index contributed by atoms with van der Waals surface area (Å²) in [4.78, 5) is 16.9. The molecule has 0 bridgehead atoms. The predicted molar refractivity (Wildman–Crippen MR) is 124 cm³/mol. The average molecular weight is 459 g/mol. The quantitative estimate of drug-likeness (QED) is 0.524. The van der Waals surface area contributed by atoms with Crippen LogP contribution in [0.15, 0.2) is 53.9 Å². The first-order chi connectivity index (χ1) is 14.8.